The molecule has 20 heavy (non-hydrogen) atoms. The van der Waals surface area contributed by atoms with Gasteiger partial charge in [-0.1, -0.05) is 44.0 Å². The normalized spacial score (nSPS) is 22.6. The lowest BCUT2D eigenvalue weighted by Gasteiger charge is -2.26. The molecule has 0 aliphatic heterocycles. The first-order valence-corrected chi connectivity index (χ1v) is 7.40. The first-order chi connectivity index (χ1) is 9.72. The summed E-state index contributed by atoms with van der Waals surface area (Å²) in [6.07, 6.45) is 8.65. The molecule has 1 aliphatic rings. The lowest BCUT2D eigenvalue weighted by atomic mass is 9.79. The van der Waals surface area contributed by atoms with Crippen molar-refractivity contribution < 1.29 is 0 Å². The maximum absolute atomic E-state index is 5.61. The molecule has 0 amide bonds. The van der Waals surface area contributed by atoms with Crippen molar-refractivity contribution in [3.05, 3.63) is 42.2 Å². The quantitative estimate of drug-likeness (QED) is 0.894. The third-order valence-corrected chi connectivity index (χ3v) is 4.33. The largest absolute Gasteiger partial charge is 0.396 e. The predicted octanol–water partition coefficient (Wildman–Crippen LogP) is 4.02. The Morgan fingerprint density at radius 1 is 0.950 bits per heavy atom. The van der Waals surface area contributed by atoms with Crippen LogP contribution in [0.3, 0.4) is 0 Å². The highest BCUT2D eigenvalue weighted by Gasteiger charge is 2.19. The Hall–Kier alpha value is -1.90. The number of hydrogen-bond donors (Lipinski definition) is 1. The molecule has 0 saturated heterocycles. The Kier molecular flexibility index (Phi) is 3.68. The van der Waals surface area contributed by atoms with E-state index >= 15 is 0 Å². The average Bonchev–Trinajstić information content (AvgIpc) is 2.49. The Bertz CT molecular complexity index is 552. The topological polar surface area (TPSA) is 51.8 Å². The number of hydrogen-bond acceptors (Lipinski definition) is 3. The lowest BCUT2D eigenvalue weighted by Crippen LogP contribution is -2.10. The fourth-order valence-corrected chi connectivity index (χ4v) is 2.98. The molecule has 0 bridgehead atoms. The van der Waals surface area contributed by atoms with Gasteiger partial charge in [-0.25, -0.2) is 9.97 Å². The molecule has 0 radical (unpaired) electrons. The van der Waals surface area contributed by atoms with E-state index < -0.39 is 0 Å². The minimum atomic E-state index is 0.599. The fraction of sp³-hybridized carbons (Fsp3) is 0.412. The third-order valence-electron chi connectivity index (χ3n) is 4.33. The van der Waals surface area contributed by atoms with Gasteiger partial charge in [-0.2, -0.15) is 0 Å². The van der Waals surface area contributed by atoms with Gasteiger partial charge in [0.2, 0.25) is 0 Å². The molecule has 104 valence electrons. The van der Waals surface area contributed by atoms with Crippen LogP contribution in [0.5, 0.6) is 0 Å². The number of nitrogens with two attached hydrogens (primary N) is 1. The van der Waals surface area contributed by atoms with Crippen LogP contribution in [0.4, 0.5) is 5.69 Å². The molecule has 1 heterocycles. The van der Waals surface area contributed by atoms with Crippen LogP contribution in [-0.4, -0.2) is 9.97 Å². The monoisotopic (exact) mass is 267 g/mol. The Labute approximate surface area is 120 Å². The van der Waals surface area contributed by atoms with Crippen LogP contribution in [0.2, 0.25) is 0 Å². The van der Waals surface area contributed by atoms with Gasteiger partial charge >= 0.3 is 0 Å². The number of nitrogens with zero attached hydrogens (tertiary/aromatic N) is 2. The molecule has 0 unspecified atom stereocenters. The zero-order valence-corrected chi connectivity index (χ0v) is 11.9. The van der Waals surface area contributed by atoms with Crippen molar-refractivity contribution in [1.29, 1.82) is 0 Å². The molecule has 1 saturated carbocycles. The van der Waals surface area contributed by atoms with E-state index in [1.54, 1.807) is 12.4 Å². The first kappa shape index (κ1) is 13.1. The van der Waals surface area contributed by atoms with Gasteiger partial charge in [0, 0.05) is 5.56 Å². The van der Waals surface area contributed by atoms with Gasteiger partial charge in [-0.15, -0.1) is 0 Å². The highest BCUT2D eigenvalue weighted by atomic mass is 14.9. The smallest absolute Gasteiger partial charge is 0.159 e. The van der Waals surface area contributed by atoms with Crippen molar-refractivity contribution in [2.75, 3.05) is 5.73 Å². The lowest BCUT2D eigenvalue weighted by molar-refractivity contribution is 0.348. The maximum atomic E-state index is 5.61. The van der Waals surface area contributed by atoms with Crippen molar-refractivity contribution in [3.63, 3.8) is 0 Å². The summed E-state index contributed by atoms with van der Waals surface area (Å²) in [4.78, 5) is 8.53. The standard InChI is InChI=1S/C17H21N3/c1-12-2-4-13(5-3-12)14-6-8-15(9-7-14)17-19-10-16(18)11-20-17/h6-13H,2-5,18H2,1H3. The molecular formula is C17H21N3. The van der Waals surface area contributed by atoms with E-state index in [0.29, 0.717) is 5.69 Å². The molecule has 2 aromatic rings. The Morgan fingerprint density at radius 3 is 2.15 bits per heavy atom. The molecule has 0 atom stereocenters. The summed E-state index contributed by atoms with van der Waals surface area (Å²) in [5.74, 6) is 2.37. The molecule has 2 N–H and O–H groups in total. The predicted molar refractivity (Wildman–Crippen MR) is 82.3 cm³/mol. The summed E-state index contributed by atoms with van der Waals surface area (Å²) >= 11 is 0. The highest BCUT2D eigenvalue weighted by Crippen LogP contribution is 2.35. The number of aromatic nitrogens is 2. The van der Waals surface area contributed by atoms with Crippen molar-refractivity contribution >= 4 is 5.69 Å². The molecule has 0 spiro atoms. The third kappa shape index (κ3) is 2.82. The van der Waals surface area contributed by atoms with Crippen molar-refractivity contribution in [2.45, 2.75) is 38.5 Å². The van der Waals surface area contributed by atoms with Gasteiger partial charge in [0.05, 0.1) is 18.1 Å². The first-order valence-electron chi connectivity index (χ1n) is 7.40. The molecule has 3 rings (SSSR count). The molecule has 3 heteroatoms. The van der Waals surface area contributed by atoms with E-state index in [2.05, 4.69) is 41.2 Å². The van der Waals surface area contributed by atoms with E-state index in [1.807, 2.05) is 0 Å². The summed E-state index contributed by atoms with van der Waals surface area (Å²) in [5, 5.41) is 0. The second-order valence-electron chi connectivity index (χ2n) is 5.92. The SMILES string of the molecule is CC1CCC(c2ccc(-c3ncc(N)cn3)cc2)CC1. The van der Waals surface area contributed by atoms with Crippen molar-refractivity contribution in [3.8, 4) is 11.4 Å². The molecule has 1 aromatic heterocycles. The number of anilines is 1. The molecule has 1 fully saturated rings. The zero-order valence-electron chi connectivity index (χ0n) is 11.9. The van der Waals surface area contributed by atoms with Crippen LogP contribution in [0.15, 0.2) is 36.7 Å². The summed E-state index contributed by atoms with van der Waals surface area (Å²) < 4.78 is 0. The van der Waals surface area contributed by atoms with Crippen molar-refractivity contribution in [2.24, 2.45) is 5.92 Å². The highest BCUT2D eigenvalue weighted by molar-refractivity contribution is 5.56. The van der Waals surface area contributed by atoms with Gasteiger partial charge in [0.1, 0.15) is 0 Å². The van der Waals surface area contributed by atoms with Crippen LogP contribution in [0, 0.1) is 5.92 Å². The summed E-state index contributed by atoms with van der Waals surface area (Å²) in [7, 11) is 0. The fourth-order valence-electron chi connectivity index (χ4n) is 2.98. The van der Waals surface area contributed by atoms with Crippen LogP contribution in [-0.2, 0) is 0 Å². The zero-order chi connectivity index (χ0) is 13.9. The van der Waals surface area contributed by atoms with Gasteiger partial charge in [-0.3, -0.25) is 0 Å². The van der Waals surface area contributed by atoms with Gasteiger partial charge in [0.15, 0.2) is 5.82 Å². The molecular weight excluding hydrogens is 246 g/mol. The number of rotatable bonds is 2. The van der Waals surface area contributed by atoms with Crippen molar-refractivity contribution in [1.82, 2.24) is 9.97 Å². The van der Waals surface area contributed by atoms with E-state index in [1.165, 1.54) is 31.2 Å². The van der Waals surface area contributed by atoms with Gasteiger partial charge < -0.3 is 5.73 Å². The van der Waals surface area contributed by atoms with Gasteiger partial charge in [-0.05, 0) is 30.2 Å². The van der Waals surface area contributed by atoms with Crippen LogP contribution >= 0.6 is 0 Å². The van der Waals surface area contributed by atoms with E-state index in [9.17, 15) is 0 Å². The molecule has 3 nitrogen and oxygen atoms in total. The van der Waals surface area contributed by atoms with Crippen LogP contribution in [0.1, 0.15) is 44.1 Å². The molecule has 1 aromatic carbocycles. The molecule has 1 aliphatic carbocycles. The Morgan fingerprint density at radius 2 is 1.55 bits per heavy atom. The van der Waals surface area contributed by atoms with E-state index in [4.69, 9.17) is 5.73 Å². The summed E-state index contributed by atoms with van der Waals surface area (Å²) in [6.45, 7) is 2.36. The van der Waals surface area contributed by atoms with E-state index in [0.717, 1.165) is 23.2 Å². The minimum Gasteiger partial charge on any atom is -0.396 e. The maximum Gasteiger partial charge on any atom is 0.159 e. The minimum absolute atomic E-state index is 0.599. The van der Waals surface area contributed by atoms with Gasteiger partial charge in [0.25, 0.3) is 0 Å². The summed E-state index contributed by atoms with van der Waals surface area (Å²) in [6, 6.07) is 8.71. The number of benzene rings is 1. The van der Waals surface area contributed by atoms with Crippen LogP contribution < -0.4 is 5.73 Å². The number of nitrogen functional groups attached to an aromatic ring is 1. The second kappa shape index (κ2) is 5.61. The average molecular weight is 267 g/mol. The van der Waals surface area contributed by atoms with Crippen LogP contribution in [0.25, 0.3) is 11.4 Å². The summed E-state index contributed by atoms with van der Waals surface area (Å²) in [5.41, 5.74) is 8.72. The second-order valence-corrected chi connectivity index (χ2v) is 5.92. The van der Waals surface area contributed by atoms with E-state index in [-0.39, 0.29) is 0 Å². The Balaban J connectivity index is 1.76.